The van der Waals surface area contributed by atoms with E-state index in [0.717, 1.165) is 5.69 Å². The molecule has 0 fully saturated rings. The van der Waals surface area contributed by atoms with Gasteiger partial charge in [0.05, 0.1) is 13.2 Å². The average Bonchev–Trinajstić information content (AvgIpc) is 2.78. The maximum atomic E-state index is 12.6. The minimum Gasteiger partial charge on any atom is -0.490 e. The van der Waals surface area contributed by atoms with Crippen LogP contribution in [0.1, 0.15) is 38.1 Å². The van der Waals surface area contributed by atoms with Crippen LogP contribution in [0.4, 0.5) is 5.69 Å². The second-order valence-corrected chi connectivity index (χ2v) is 7.06. The van der Waals surface area contributed by atoms with Crippen LogP contribution >= 0.6 is 0 Å². The zero-order chi connectivity index (χ0) is 23.5. The minimum absolute atomic E-state index is 0.109. The number of anilines is 1. The number of ether oxygens (including phenoxy) is 3. The molecule has 2 amide bonds. The maximum Gasteiger partial charge on any atom is 0.325 e. The molecular weight excluding hydrogens is 412 g/mol. The van der Waals surface area contributed by atoms with E-state index in [-0.39, 0.29) is 18.5 Å². The fraction of sp³-hybridized carbons (Fsp3) is 0.375. The second kappa shape index (κ2) is 12.3. The third-order valence-electron chi connectivity index (χ3n) is 4.37. The van der Waals surface area contributed by atoms with Crippen molar-refractivity contribution in [1.82, 2.24) is 5.32 Å². The molecule has 8 nitrogen and oxygen atoms in total. The highest BCUT2D eigenvalue weighted by Crippen LogP contribution is 2.28. The Morgan fingerprint density at radius 2 is 1.59 bits per heavy atom. The van der Waals surface area contributed by atoms with Gasteiger partial charge in [0.25, 0.3) is 11.8 Å². The van der Waals surface area contributed by atoms with Crippen molar-refractivity contribution in [1.29, 1.82) is 0 Å². The van der Waals surface area contributed by atoms with Gasteiger partial charge in [-0.2, -0.15) is 0 Å². The van der Waals surface area contributed by atoms with Gasteiger partial charge < -0.3 is 24.4 Å². The summed E-state index contributed by atoms with van der Waals surface area (Å²) in [5.41, 5.74) is 1.04. The molecule has 2 aromatic carbocycles. The number of amides is 2. The predicted octanol–water partition coefficient (Wildman–Crippen LogP) is 3.20. The summed E-state index contributed by atoms with van der Waals surface area (Å²) in [5, 5.41) is 2.49. The number of rotatable bonds is 11. The average molecular weight is 443 g/mol. The Labute approximate surface area is 188 Å². The fourth-order valence-electron chi connectivity index (χ4n) is 3.03. The Balaban J connectivity index is 1.90. The summed E-state index contributed by atoms with van der Waals surface area (Å²) in [4.78, 5) is 38.6. The van der Waals surface area contributed by atoms with E-state index in [9.17, 15) is 14.4 Å². The van der Waals surface area contributed by atoms with E-state index in [4.69, 9.17) is 14.2 Å². The van der Waals surface area contributed by atoms with Gasteiger partial charge in [0.2, 0.25) is 0 Å². The Hall–Kier alpha value is -3.55. The van der Waals surface area contributed by atoms with Crippen LogP contribution in [0.2, 0.25) is 0 Å². The fourth-order valence-corrected chi connectivity index (χ4v) is 3.03. The van der Waals surface area contributed by atoms with Crippen LogP contribution in [0.3, 0.4) is 0 Å². The molecule has 0 aromatic heterocycles. The Kier molecular flexibility index (Phi) is 9.53. The molecule has 0 saturated heterocycles. The van der Waals surface area contributed by atoms with Crippen LogP contribution in [0, 0.1) is 0 Å². The summed E-state index contributed by atoms with van der Waals surface area (Å²) in [7, 11) is 0. The van der Waals surface area contributed by atoms with E-state index in [0.29, 0.717) is 30.3 Å². The summed E-state index contributed by atoms with van der Waals surface area (Å²) >= 11 is 0. The molecule has 8 heteroatoms. The van der Waals surface area contributed by atoms with Crippen molar-refractivity contribution < 1.29 is 28.6 Å². The van der Waals surface area contributed by atoms with Crippen molar-refractivity contribution >= 4 is 23.5 Å². The first kappa shape index (κ1) is 24.7. The number of hydrogen-bond donors (Lipinski definition) is 1. The largest absolute Gasteiger partial charge is 0.490 e. The zero-order valence-corrected chi connectivity index (χ0v) is 18.9. The number of para-hydroxylation sites is 1. The Morgan fingerprint density at radius 1 is 0.938 bits per heavy atom. The molecular formula is C24H30N2O6. The van der Waals surface area contributed by atoms with Gasteiger partial charge in [-0.1, -0.05) is 18.2 Å². The summed E-state index contributed by atoms with van der Waals surface area (Å²) in [6.07, 6.45) is 0. The summed E-state index contributed by atoms with van der Waals surface area (Å²) < 4.78 is 16.1. The number of nitrogens with one attached hydrogen (secondary N) is 1. The van der Waals surface area contributed by atoms with Gasteiger partial charge >= 0.3 is 5.97 Å². The van der Waals surface area contributed by atoms with Crippen molar-refractivity contribution in [3.63, 3.8) is 0 Å². The molecule has 2 rings (SSSR count). The SMILES string of the molecule is CCOc1ccc(C(=O)NCC(=O)OCC(=O)N(c2ccccc2)C(C)C)cc1OCC. The predicted molar refractivity (Wildman–Crippen MR) is 121 cm³/mol. The van der Waals surface area contributed by atoms with Crippen LogP contribution < -0.4 is 19.7 Å². The summed E-state index contributed by atoms with van der Waals surface area (Å²) in [5.74, 6) is -0.537. The first-order valence-corrected chi connectivity index (χ1v) is 10.6. The number of nitrogens with zero attached hydrogens (tertiary/aromatic N) is 1. The van der Waals surface area contributed by atoms with E-state index in [1.54, 1.807) is 23.1 Å². The quantitative estimate of drug-likeness (QED) is 0.537. The van der Waals surface area contributed by atoms with Gasteiger partial charge in [0.1, 0.15) is 6.54 Å². The number of carbonyl (C=O) groups is 3. The van der Waals surface area contributed by atoms with Crippen molar-refractivity contribution in [2.24, 2.45) is 0 Å². The molecule has 0 heterocycles. The molecule has 0 radical (unpaired) electrons. The number of esters is 1. The lowest BCUT2D eigenvalue weighted by Gasteiger charge is -2.26. The van der Waals surface area contributed by atoms with Crippen molar-refractivity contribution in [2.45, 2.75) is 33.7 Å². The monoisotopic (exact) mass is 442 g/mol. The maximum absolute atomic E-state index is 12.6. The number of hydrogen-bond acceptors (Lipinski definition) is 6. The van der Waals surface area contributed by atoms with Gasteiger partial charge in [-0.05, 0) is 58.0 Å². The van der Waals surface area contributed by atoms with Crippen LogP contribution in [-0.4, -0.2) is 50.2 Å². The highest BCUT2D eigenvalue weighted by Gasteiger charge is 2.20. The minimum atomic E-state index is -0.709. The van der Waals surface area contributed by atoms with E-state index in [1.807, 2.05) is 58.0 Å². The normalized spacial score (nSPS) is 10.4. The third kappa shape index (κ3) is 7.01. The standard InChI is InChI=1S/C24H30N2O6/c1-5-30-20-13-12-18(14-21(20)31-6-2)24(29)25-15-23(28)32-16-22(27)26(17(3)4)19-10-8-7-9-11-19/h7-14,17H,5-6,15-16H2,1-4H3,(H,25,29). The topological polar surface area (TPSA) is 94.2 Å². The molecule has 2 aromatic rings. The van der Waals surface area contributed by atoms with E-state index >= 15 is 0 Å². The molecule has 0 spiro atoms. The van der Waals surface area contributed by atoms with Gasteiger partial charge in [0.15, 0.2) is 18.1 Å². The van der Waals surface area contributed by atoms with Crippen LogP contribution in [0.15, 0.2) is 48.5 Å². The molecule has 0 bridgehead atoms. The molecule has 32 heavy (non-hydrogen) atoms. The van der Waals surface area contributed by atoms with E-state index in [2.05, 4.69) is 5.32 Å². The molecule has 0 aliphatic heterocycles. The molecule has 0 unspecified atom stereocenters. The van der Waals surface area contributed by atoms with Crippen molar-refractivity contribution in [2.75, 3.05) is 31.3 Å². The highest BCUT2D eigenvalue weighted by atomic mass is 16.5. The van der Waals surface area contributed by atoms with Crippen molar-refractivity contribution in [3.05, 3.63) is 54.1 Å². The van der Waals surface area contributed by atoms with E-state index < -0.39 is 18.5 Å². The first-order valence-electron chi connectivity index (χ1n) is 10.6. The number of carbonyl (C=O) groups excluding carboxylic acids is 3. The Morgan fingerprint density at radius 3 is 2.22 bits per heavy atom. The van der Waals surface area contributed by atoms with E-state index in [1.165, 1.54) is 0 Å². The lowest BCUT2D eigenvalue weighted by molar-refractivity contribution is -0.146. The van der Waals surface area contributed by atoms with Gasteiger partial charge in [-0.15, -0.1) is 0 Å². The van der Waals surface area contributed by atoms with Gasteiger partial charge in [-0.3, -0.25) is 14.4 Å². The van der Waals surface area contributed by atoms with Crippen LogP contribution in [-0.2, 0) is 14.3 Å². The summed E-state index contributed by atoms with van der Waals surface area (Å²) in [6, 6.07) is 13.8. The molecule has 172 valence electrons. The van der Waals surface area contributed by atoms with Gasteiger partial charge in [0, 0.05) is 17.3 Å². The lowest BCUT2D eigenvalue weighted by Crippen LogP contribution is -2.40. The second-order valence-electron chi connectivity index (χ2n) is 7.06. The lowest BCUT2D eigenvalue weighted by atomic mass is 10.2. The third-order valence-corrected chi connectivity index (χ3v) is 4.37. The van der Waals surface area contributed by atoms with Gasteiger partial charge in [-0.25, -0.2) is 0 Å². The molecule has 0 saturated carbocycles. The Bertz CT molecular complexity index is 914. The molecule has 0 aliphatic rings. The smallest absolute Gasteiger partial charge is 0.325 e. The molecule has 1 N–H and O–H groups in total. The molecule has 0 atom stereocenters. The zero-order valence-electron chi connectivity index (χ0n) is 18.9. The van der Waals surface area contributed by atoms with Crippen molar-refractivity contribution in [3.8, 4) is 11.5 Å². The van der Waals surface area contributed by atoms with Crippen LogP contribution in [0.25, 0.3) is 0 Å². The van der Waals surface area contributed by atoms with Crippen LogP contribution in [0.5, 0.6) is 11.5 Å². The molecule has 0 aliphatic carbocycles. The number of benzene rings is 2. The first-order chi connectivity index (χ1) is 15.4. The highest BCUT2D eigenvalue weighted by molar-refractivity contribution is 5.97. The summed E-state index contributed by atoms with van der Waals surface area (Å²) in [6.45, 7) is 7.54.